The Hall–Kier alpha value is -0.680. The van der Waals surface area contributed by atoms with Crippen LogP contribution in [0.1, 0.15) is 5.69 Å². The molecule has 2 rings (SSSR count). The van der Waals surface area contributed by atoms with Crippen LogP contribution >= 0.6 is 12.4 Å². The number of hydrogen-bond donors (Lipinski definition) is 0. The third-order valence-electron chi connectivity index (χ3n) is 1.96. The van der Waals surface area contributed by atoms with Gasteiger partial charge in [-0.1, -0.05) is 12.1 Å². The van der Waals surface area contributed by atoms with Gasteiger partial charge < -0.3 is 24.0 Å². The molecule has 80 valence electrons. The number of nitrogens with zero attached hydrogens (tertiary/aromatic N) is 2. The van der Waals surface area contributed by atoms with Crippen LogP contribution in [0.25, 0.3) is 5.82 Å². The number of aryl methyl sites for hydroxylation is 1. The largest absolute Gasteiger partial charge is 1.00 e. The van der Waals surface area contributed by atoms with E-state index < -0.39 is 0 Å². The highest BCUT2D eigenvalue weighted by Gasteiger charge is 2.06. The summed E-state index contributed by atoms with van der Waals surface area (Å²) >= 11 is 0. The van der Waals surface area contributed by atoms with E-state index in [4.69, 9.17) is 0 Å². The van der Waals surface area contributed by atoms with E-state index in [-0.39, 0.29) is 36.4 Å². The summed E-state index contributed by atoms with van der Waals surface area (Å²) < 4.78 is 2.06. The predicted molar refractivity (Wildman–Crippen MR) is 57.8 cm³/mol. The minimum Gasteiger partial charge on any atom is -1.00 e. The highest BCUT2D eigenvalue weighted by molar-refractivity contribution is 5.85. The van der Waals surface area contributed by atoms with Crippen molar-refractivity contribution in [3.63, 3.8) is 0 Å². The van der Waals surface area contributed by atoms with Crippen molar-refractivity contribution >= 4 is 12.4 Å². The number of halogens is 2. The van der Waals surface area contributed by atoms with E-state index in [1.807, 2.05) is 36.5 Å². The molecule has 0 unspecified atom stereocenters. The Morgan fingerprint density at radius 3 is 2.40 bits per heavy atom. The van der Waals surface area contributed by atoms with E-state index in [1.54, 1.807) is 6.20 Å². The van der Waals surface area contributed by atoms with Gasteiger partial charge in [-0.2, -0.15) is 0 Å². The maximum absolute atomic E-state index is 4.27. The van der Waals surface area contributed by atoms with Crippen molar-refractivity contribution in [1.29, 1.82) is 0 Å². The van der Waals surface area contributed by atoms with Crippen LogP contribution in [0.15, 0.2) is 48.8 Å². The number of pyridine rings is 2. The van der Waals surface area contributed by atoms with Gasteiger partial charge in [-0.05, 0) is 30.1 Å². The molecule has 0 radical (unpaired) electrons. The van der Waals surface area contributed by atoms with E-state index >= 15 is 0 Å². The lowest BCUT2D eigenvalue weighted by molar-refractivity contribution is -0.606. The molecule has 4 heteroatoms. The molecular weight excluding hydrogens is 322 g/mol. The standard InChI is InChI=1S/C11H11N2.ClH.HI/c1-10-6-3-5-9-13(10)11-7-2-4-8-12-11;;/h2-9H,1H3;2*1H/q+1;;/p-1. The second-order valence-electron chi connectivity index (χ2n) is 2.90. The zero-order valence-electron chi connectivity index (χ0n) is 8.30. The molecule has 0 saturated carbocycles. The van der Waals surface area contributed by atoms with E-state index in [0.717, 1.165) is 5.82 Å². The van der Waals surface area contributed by atoms with Crippen molar-refractivity contribution in [2.75, 3.05) is 0 Å². The molecule has 0 fully saturated rings. The first kappa shape index (κ1) is 14.3. The maximum Gasteiger partial charge on any atom is 0.327 e. The van der Waals surface area contributed by atoms with Gasteiger partial charge in [0.2, 0.25) is 0 Å². The maximum atomic E-state index is 4.27. The summed E-state index contributed by atoms with van der Waals surface area (Å²) in [5.74, 6) is 0.959. The third kappa shape index (κ3) is 3.43. The SMILES string of the molecule is Cc1cccc[n+]1-c1ccccn1.Cl.[I-]. The van der Waals surface area contributed by atoms with E-state index in [0.29, 0.717) is 0 Å². The van der Waals surface area contributed by atoms with Crippen LogP contribution in [0.5, 0.6) is 0 Å². The van der Waals surface area contributed by atoms with Crippen molar-refractivity contribution in [3.05, 3.63) is 54.5 Å². The van der Waals surface area contributed by atoms with Gasteiger partial charge in [0.05, 0.1) is 6.20 Å². The summed E-state index contributed by atoms with van der Waals surface area (Å²) in [6.07, 6.45) is 3.81. The lowest BCUT2D eigenvalue weighted by atomic mass is 10.3. The Morgan fingerprint density at radius 1 is 1.07 bits per heavy atom. The van der Waals surface area contributed by atoms with Crippen molar-refractivity contribution in [2.24, 2.45) is 0 Å². The van der Waals surface area contributed by atoms with Crippen molar-refractivity contribution < 1.29 is 28.5 Å². The minimum atomic E-state index is 0. The highest BCUT2D eigenvalue weighted by atomic mass is 127. The first-order valence-electron chi connectivity index (χ1n) is 4.26. The molecule has 2 nitrogen and oxygen atoms in total. The van der Waals surface area contributed by atoms with E-state index in [2.05, 4.69) is 22.5 Å². The number of rotatable bonds is 1. The molecule has 0 amide bonds. The lowest BCUT2D eigenvalue weighted by Crippen LogP contribution is -3.00. The van der Waals surface area contributed by atoms with Crippen LogP contribution in [0, 0.1) is 6.92 Å². The van der Waals surface area contributed by atoms with Gasteiger partial charge in [-0.15, -0.1) is 12.4 Å². The van der Waals surface area contributed by atoms with E-state index in [9.17, 15) is 0 Å². The summed E-state index contributed by atoms with van der Waals surface area (Å²) in [6.45, 7) is 2.06. The summed E-state index contributed by atoms with van der Waals surface area (Å²) in [7, 11) is 0. The van der Waals surface area contributed by atoms with Gasteiger partial charge in [0, 0.05) is 6.07 Å². The molecule has 2 heterocycles. The molecule has 0 bridgehead atoms. The fraction of sp³-hybridized carbons (Fsp3) is 0.0909. The Bertz CT molecular complexity index is 406. The fourth-order valence-corrected chi connectivity index (χ4v) is 1.28. The van der Waals surface area contributed by atoms with Crippen LogP contribution in [-0.2, 0) is 0 Å². The Labute approximate surface area is 113 Å². The van der Waals surface area contributed by atoms with Crippen LogP contribution in [0.3, 0.4) is 0 Å². The molecule has 2 aromatic heterocycles. The Balaban J connectivity index is 0.000000980. The van der Waals surface area contributed by atoms with Gasteiger partial charge in [-0.3, -0.25) is 0 Å². The molecule has 0 aromatic carbocycles. The molecule has 0 atom stereocenters. The first-order valence-corrected chi connectivity index (χ1v) is 4.26. The van der Waals surface area contributed by atoms with Crippen LogP contribution in [0.2, 0.25) is 0 Å². The Morgan fingerprint density at radius 2 is 1.80 bits per heavy atom. The highest BCUT2D eigenvalue weighted by Crippen LogP contribution is 1.95. The van der Waals surface area contributed by atoms with Crippen LogP contribution in [0.4, 0.5) is 0 Å². The van der Waals surface area contributed by atoms with Gasteiger partial charge in [0.15, 0.2) is 0 Å². The Kier molecular flexibility index (Phi) is 6.43. The quantitative estimate of drug-likeness (QED) is 0.488. The summed E-state index contributed by atoms with van der Waals surface area (Å²) in [5, 5.41) is 0. The molecular formula is C11H12ClIN2. The zero-order valence-corrected chi connectivity index (χ0v) is 11.3. The van der Waals surface area contributed by atoms with Gasteiger partial charge >= 0.3 is 5.82 Å². The second-order valence-corrected chi connectivity index (χ2v) is 2.90. The lowest BCUT2D eigenvalue weighted by Gasteiger charge is -1.98. The average molecular weight is 335 g/mol. The summed E-state index contributed by atoms with van der Waals surface area (Å²) in [5.41, 5.74) is 1.18. The normalized spacial score (nSPS) is 8.60. The monoisotopic (exact) mass is 334 g/mol. The number of hydrogen-bond acceptors (Lipinski definition) is 1. The van der Waals surface area contributed by atoms with Crippen molar-refractivity contribution in [2.45, 2.75) is 6.92 Å². The molecule has 0 spiro atoms. The summed E-state index contributed by atoms with van der Waals surface area (Å²) in [4.78, 5) is 4.27. The molecule has 0 N–H and O–H groups in total. The van der Waals surface area contributed by atoms with Gasteiger partial charge in [-0.25, -0.2) is 4.57 Å². The average Bonchev–Trinajstić information content (AvgIpc) is 2.20. The minimum absolute atomic E-state index is 0. The van der Waals surface area contributed by atoms with Crippen LogP contribution < -0.4 is 28.5 Å². The van der Waals surface area contributed by atoms with Gasteiger partial charge in [0.25, 0.3) is 0 Å². The van der Waals surface area contributed by atoms with Gasteiger partial charge in [0.1, 0.15) is 11.9 Å². The second kappa shape index (κ2) is 6.74. The molecule has 0 aliphatic carbocycles. The fourth-order valence-electron chi connectivity index (χ4n) is 1.28. The molecule has 2 aromatic rings. The van der Waals surface area contributed by atoms with Crippen LogP contribution in [-0.4, -0.2) is 4.98 Å². The zero-order chi connectivity index (χ0) is 9.10. The molecule has 0 aliphatic heterocycles. The molecule has 0 saturated heterocycles. The predicted octanol–water partition coefficient (Wildman–Crippen LogP) is -0.907. The van der Waals surface area contributed by atoms with E-state index in [1.165, 1.54) is 5.69 Å². The van der Waals surface area contributed by atoms with Crippen molar-refractivity contribution in [1.82, 2.24) is 4.98 Å². The molecule has 15 heavy (non-hydrogen) atoms. The smallest absolute Gasteiger partial charge is 0.327 e. The number of aromatic nitrogens is 2. The topological polar surface area (TPSA) is 16.8 Å². The first-order chi connectivity index (χ1) is 6.38. The molecule has 0 aliphatic rings. The summed E-state index contributed by atoms with van der Waals surface area (Å²) in [6, 6.07) is 12.0. The third-order valence-corrected chi connectivity index (χ3v) is 1.96. The van der Waals surface area contributed by atoms with Crippen molar-refractivity contribution in [3.8, 4) is 5.82 Å².